The van der Waals surface area contributed by atoms with Crippen molar-refractivity contribution < 1.29 is 9.90 Å². The number of benzene rings is 1. The number of hydrogen-bond donors (Lipinski definition) is 2. The third-order valence-corrected chi connectivity index (χ3v) is 3.07. The van der Waals surface area contributed by atoms with Crippen LogP contribution in [0.15, 0.2) is 24.3 Å². The molecule has 0 radical (unpaired) electrons. The molecule has 0 aliphatic heterocycles. The number of nitrogens with one attached hydrogen (secondary N) is 1. The van der Waals surface area contributed by atoms with Crippen molar-refractivity contribution in [1.29, 1.82) is 0 Å². The Morgan fingerprint density at radius 1 is 1.21 bits per heavy atom. The molecule has 1 aromatic rings. The van der Waals surface area contributed by atoms with Crippen LogP contribution in [0.1, 0.15) is 38.3 Å². The van der Waals surface area contributed by atoms with Crippen LogP contribution < -0.4 is 5.32 Å². The second-order valence-electron chi connectivity index (χ2n) is 5.43. The largest absolute Gasteiger partial charge is 0.391 e. The fraction of sp³-hybridized carbons (Fsp3) is 0.562. The Labute approximate surface area is 116 Å². The van der Waals surface area contributed by atoms with Crippen LogP contribution in [0.3, 0.4) is 0 Å². The van der Waals surface area contributed by atoms with Crippen molar-refractivity contribution >= 4 is 5.91 Å². The maximum atomic E-state index is 11.7. The lowest BCUT2D eigenvalue weighted by Gasteiger charge is -2.13. The van der Waals surface area contributed by atoms with E-state index in [2.05, 4.69) is 38.2 Å². The van der Waals surface area contributed by atoms with Crippen LogP contribution in [0.25, 0.3) is 0 Å². The Morgan fingerprint density at radius 2 is 1.79 bits per heavy atom. The first-order valence-corrected chi connectivity index (χ1v) is 7.03. The van der Waals surface area contributed by atoms with Gasteiger partial charge in [-0.15, -0.1) is 0 Å². The molecule has 19 heavy (non-hydrogen) atoms. The number of hydrogen-bond acceptors (Lipinski definition) is 2. The lowest BCUT2D eigenvalue weighted by atomic mass is 10.1. The highest BCUT2D eigenvalue weighted by atomic mass is 16.3. The quantitative estimate of drug-likeness (QED) is 0.793. The van der Waals surface area contributed by atoms with E-state index in [4.69, 9.17) is 0 Å². The number of carbonyl (C=O) groups is 1. The van der Waals surface area contributed by atoms with Gasteiger partial charge in [0.25, 0.3) is 0 Å². The van der Waals surface area contributed by atoms with Crippen molar-refractivity contribution in [1.82, 2.24) is 5.32 Å². The molecular weight excluding hydrogens is 238 g/mol. The molecule has 1 atom stereocenters. The minimum absolute atomic E-state index is 0.0351. The molecule has 0 aromatic heterocycles. The molecule has 0 bridgehead atoms. The predicted octanol–water partition coefficient (Wildman–Crippen LogP) is 2.31. The number of aliphatic hydroxyl groups is 1. The normalized spacial score (nSPS) is 12.5. The van der Waals surface area contributed by atoms with Gasteiger partial charge < -0.3 is 10.4 Å². The van der Waals surface area contributed by atoms with Gasteiger partial charge in [-0.05, 0) is 29.9 Å². The molecule has 1 aromatic carbocycles. The van der Waals surface area contributed by atoms with Crippen molar-refractivity contribution in [2.45, 2.75) is 46.1 Å². The summed E-state index contributed by atoms with van der Waals surface area (Å²) in [6, 6.07) is 8.08. The Morgan fingerprint density at radius 3 is 2.32 bits per heavy atom. The summed E-state index contributed by atoms with van der Waals surface area (Å²) in [6.07, 6.45) is 1.64. The molecule has 0 aliphatic carbocycles. The molecule has 3 nitrogen and oxygen atoms in total. The van der Waals surface area contributed by atoms with E-state index in [0.29, 0.717) is 25.3 Å². The van der Waals surface area contributed by atoms with E-state index in [0.717, 1.165) is 12.0 Å². The molecule has 106 valence electrons. The number of carbonyl (C=O) groups excluding carboxylic acids is 1. The summed E-state index contributed by atoms with van der Waals surface area (Å²) in [6.45, 7) is 6.56. The van der Waals surface area contributed by atoms with Crippen LogP contribution in [0.5, 0.6) is 0 Å². The highest BCUT2D eigenvalue weighted by Crippen LogP contribution is 2.06. The summed E-state index contributed by atoms with van der Waals surface area (Å²) < 4.78 is 0. The van der Waals surface area contributed by atoms with Gasteiger partial charge in [0.2, 0.25) is 5.91 Å². The summed E-state index contributed by atoms with van der Waals surface area (Å²) >= 11 is 0. The van der Waals surface area contributed by atoms with Crippen molar-refractivity contribution in [2.75, 3.05) is 6.54 Å². The zero-order chi connectivity index (χ0) is 14.3. The summed E-state index contributed by atoms with van der Waals surface area (Å²) in [4.78, 5) is 11.7. The Bertz CT molecular complexity index is 384. The van der Waals surface area contributed by atoms with Crippen molar-refractivity contribution in [3.05, 3.63) is 35.4 Å². The van der Waals surface area contributed by atoms with E-state index >= 15 is 0 Å². The van der Waals surface area contributed by atoms with E-state index in [-0.39, 0.29) is 5.91 Å². The van der Waals surface area contributed by atoms with Gasteiger partial charge in [-0.25, -0.2) is 0 Å². The smallest absolute Gasteiger partial charge is 0.224 e. The van der Waals surface area contributed by atoms with E-state index in [1.54, 1.807) is 0 Å². The van der Waals surface area contributed by atoms with Crippen LogP contribution in [0, 0.1) is 5.92 Å². The highest BCUT2D eigenvalue weighted by Gasteiger charge is 2.09. The fourth-order valence-corrected chi connectivity index (χ4v) is 2.00. The van der Waals surface area contributed by atoms with Gasteiger partial charge in [-0.1, -0.05) is 45.0 Å². The summed E-state index contributed by atoms with van der Waals surface area (Å²) in [7, 11) is 0. The second kappa shape index (κ2) is 7.95. The van der Waals surface area contributed by atoms with Gasteiger partial charge in [0.05, 0.1) is 12.5 Å². The van der Waals surface area contributed by atoms with Gasteiger partial charge in [0.1, 0.15) is 0 Å². The molecule has 2 N–H and O–H groups in total. The predicted molar refractivity (Wildman–Crippen MR) is 78.0 cm³/mol. The topological polar surface area (TPSA) is 49.3 Å². The third-order valence-electron chi connectivity index (χ3n) is 3.07. The molecule has 1 unspecified atom stereocenters. The number of amides is 1. The average Bonchev–Trinajstić information content (AvgIpc) is 2.36. The molecule has 0 spiro atoms. The van der Waals surface area contributed by atoms with Crippen LogP contribution in [0.2, 0.25) is 0 Å². The van der Waals surface area contributed by atoms with Crippen LogP contribution >= 0.6 is 0 Å². The van der Waals surface area contributed by atoms with E-state index in [1.807, 2.05) is 12.1 Å². The lowest BCUT2D eigenvalue weighted by molar-refractivity contribution is -0.120. The molecule has 0 saturated heterocycles. The van der Waals surface area contributed by atoms with E-state index in [1.165, 1.54) is 5.56 Å². The average molecular weight is 263 g/mol. The fourth-order valence-electron chi connectivity index (χ4n) is 2.00. The summed E-state index contributed by atoms with van der Waals surface area (Å²) in [5.74, 6) is 0.403. The Balaban J connectivity index is 2.34. The van der Waals surface area contributed by atoms with Crippen molar-refractivity contribution in [2.24, 2.45) is 5.92 Å². The van der Waals surface area contributed by atoms with Crippen LogP contribution in [0.4, 0.5) is 0 Å². The highest BCUT2D eigenvalue weighted by molar-refractivity contribution is 5.78. The van der Waals surface area contributed by atoms with Crippen molar-refractivity contribution in [3.8, 4) is 0 Å². The first-order chi connectivity index (χ1) is 9.01. The zero-order valence-corrected chi connectivity index (χ0v) is 12.1. The van der Waals surface area contributed by atoms with E-state index in [9.17, 15) is 9.90 Å². The van der Waals surface area contributed by atoms with E-state index < -0.39 is 6.10 Å². The molecule has 1 amide bonds. The van der Waals surface area contributed by atoms with Gasteiger partial charge in [0.15, 0.2) is 0 Å². The number of aliphatic hydroxyl groups excluding tert-OH is 1. The summed E-state index contributed by atoms with van der Waals surface area (Å²) in [5, 5.41) is 12.5. The number of rotatable bonds is 7. The monoisotopic (exact) mass is 263 g/mol. The maximum Gasteiger partial charge on any atom is 0.224 e. The van der Waals surface area contributed by atoms with Gasteiger partial charge in [-0.2, -0.15) is 0 Å². The SMILES string of the molecule is CCc1ccc(CC(=O)NCC(O)CC(C)C)cc1. The molecular formula is C16H25NO2. The Kier molecular flexibility index (Phi) is 6.57. The minimum Gasteiger partial charge on any atom is -0.391 e. The first kappa shape index (κ1) is 15.7. The first-order valence-electron chi connectivity index (χ1n) is 7.03. The van der Waals surface area contributed by atoms with Crippen LogP contribution in [-0.2, 0) is 17.6 Å². The summed E-state index contributed by atoms with van der Waals surface area (Å²) in [5.41, 5.74) is 2.28. The lowest BCUT2D eigenvalue weighted by Crippen LogP contribution is -2.33. The Hall–Kier alpha value is -1.35. The molecule has 0 saturated carbocycles. The number of aryl methyl sites for hydroxylation is 1. The minimum atomic E-state index is -0.452. The van der Waals surface area contributed by atoms with Crippen molar-refractivity contribution in [3.63, 3.8) is 0 Å². The molecule has 0 fully saturated rings. The third kappa shape index (κ3) is 6.39. The van der Waals surface area contributed by atoms with Gasteiger partial charge in [0, 0.05) is 6.54 Å². The molecule has 0 heterocycles. The molecule has 0 aliphatic rings. The standard InChI is InChI=1S/C16H25NO2/c1-4-13-5-7-14(8-6-13)10-16(19)17-11-15(18)9-12(2)3/h5-8,12,15,18H,4,9-11H2,1-3H3,(H,17,19). The second-order valence-corrected chi connectivity index (χ2v) is 5.43. The zero-order valence-electron chi connectivity index (χ0n) is 12.1. The molecule has 1 rings (SSSR count). The van der Waals surface area contributed by atoms with Gasteiger partial charge >= 0.3 is 0 Å². The van der Waals surface area contributed by atoms with Crippen LogP contribution in [-0.4, -0.2) is 23.7 Å². The maximum absolute atomic E-state index is 11.7. The van der Waals surface area contributed by atoms with Gasteiger partial charge in [-0.3, -0.25) is 4.79 Å². The molecule has 3 heteroatoms.